The molecular weight excluding hydrogens is 328 g/mol. The van der Waals surface area contributed by atoms with Crippen molar-refractivity contribution in [2.75, 3.05) is 0 Å². The van der Waals surface area contributed by atoms with Crippen molar-refractivity contribution >= 4 is 43.5 Å². The largest absolute Gasteiger partial charge is 0.456 e. The van der Waals surface area contributed by atoms with Crippen LogP contribution in [-0.2, 0) is 0 Å². The van der Waals surface area contributed by atoms with E-state index >= 15 is 0 Å². The molecule has 1 heteroatoms. The highest BCUT2D eigenvalue weighted by Gasteiger charge is 2.12. The molecule has 0 aliphatic rings. The number of benzene rings is 5. The van der Waals surface area contributed by atoms with Gasteiger partial charge in [0.1, 0.15) is 11.2 Å². The van der Waals surface area contributed by atoms with Crippen LogP contribution in [0.3, 0.4) is 0 Å². The van der Waals surface area contributed by atoms with Crippen LogP contribution in [0.4, 0.5) is 0 Å². The smallest absolute Gasteiger partial charge is 0.135 e. The molecular formula is C26H16O. The van der Waals surface area contributed by atoms with Crippen molar-refractivity contribution in [1.29, 1.82) is 0 Å². The summed E-state index contributed by atoms with van der Waals surface area (Å²) in [6, 6.07) is 11.7. The highest BCUT2D eigenvalue weighted by Crippen LogP contribution is 2.39. The minimum absolute atomic E-state index is 0.195. The zero-order valence-electron chi connectivity index (χ0n) is 22.0. The molecule has 6 aromatic rings. The van der Waals surface area contributed by atoms with E-state index in [-0.39, 0.29) is 45.7 Å². The van der Waals surface area contributed by atoms with Gasteiger partial charge < -0.3 is 4.42 Å². The number of para-hydroxylation sites is 1. The molecule has 0 atom stereocenters. The van der Waals surface area contributed by atoms with Gasteiger partial charge in [0, 0.05) is 10.8 Å². The monoisotopic (exact) mass is 352 g/mol. The Bertz CT molecular complexity index is 1810. The van der Waals surface area contributed by atoms with Crippen molar-refractivity contribution < 1.29 is 15.4 Å². The van der Waals surface area contributed by atoms with E-state index in [1.807, 2.05) is 30.3 Å². The van der Waals surface area contributed by atoms with Crippen LogP contribution in [0.1, 0.15) is 11.0 Å². The molecule has 1 heterocycles. The van der Waals surface area contributed by atoms with Gasteiger partial charge in [0.05, 0.1) is 11.0 Å². The van der Waals surface area contributed by atoms with Crippen LogP contribution in [0.5, 0.6) is 0 Å². The molecule has 0 saturated heterocycles. The first kappa shape index (κ1) is 8.88. The SMILES string of the molecule is [2H]c1c([2H])c([2H])c2c(-c3ccc4oc5ccccc5c4c3)c3c([2H])c([2H])c([2H])c([2H])c3cc2c1[2H]. The average molecular weight is 352 g/mol. The Labute approximate surface area is 167 Å². The minimum Gasteiger partial charge on any atom is -0.456 e. The van der Waals surface area contributed by atoms with Crippen molar-refractivity contribution in [2.45, 2.75) is 0 Å². The third-order valence-electron chi connectivity index (χ3n) is 4.89. The lowest BCUT2D eigenvalue weighted by atomic mass is 9.91. The molecule has 0 radical (unpaired) electrons. The Balaban J connectivity index is 1.90. The van der Waals surface area contributed by atoms with Gasteiger partial charge in [-0.15, -0.1) is 0 Å². The van der Waals surface area contributed by atoms with Gasteiger partial charge in [-0.2, -0.15) is 0 Å². The molecule has 1 nitrogen and oxygen atoms in total. The van der Waals surface area contributed by atoms with Crippen molar-refractivity contribution in [3.63, 3.8) is 0 Å². The lowest BCUT2D eigenvalue weighted by Crippen LogP contribution is -1.85. The van der Waals surface area contributed by atoms with Crippen molar-refractivity contribution in [2.24, 2.45) is 0 Å². The maximum atomic E-state index is 8.67. The van der Waals surface area contributed by atoms with E-state index in [0.717, 1.165) is 10.8 Å². The van der Waals surface area contributed by atoms with Crippen LogP contribution in [0.25, 0.3) is 54.6 Å². The summed E-state index contributed by atoms with van der Waals surface area (Å²) in [6.07, 6.45) is 0. The summed E-state index contributed by atoms with van der Waals surface area (Å²) in [7, 11) is 0. The number of furan rings is 1. The first-order valence-electron chi connectivity index (χ1n) is 12.6. The van der Waals surface area contributed by atoms with E-state index in [1.54, 1.807) is 12.1 Å². The summed E-state index contributed by atoms with van der Waals surface area (Å²) in [5.41, 5.74) is 2.24. The van der Waals surface area contributed by atoms with Gasteiger partial charge in [0.25, 0.3) is 0 Å². The van der Waals surface area contributed by atoms with Gasteiger partial charge in [0.2, 0.25) is 0 Å². The van der Waals surface area contributed by atoms with Crippen LogP contribution in [0.2, 0.25) is 0 Å². The zero-order chi connectivity index (χ0) is 24.8. The van der Waals surface area contributed by atoms with Gasteiger partial charge in [-0.25, -0.2) is 0 Å². The lowest BCUT2D eigenvalue weighted by molar-refractivity contribution is 0.669. The highest BCUT2D eigenvalue weighted by atomic mass is 16.3. The van der Waals surface area contributed by atoms with E-state index in [2.05, 4.69) is 0 Å². The van der Waals surface area contributed by atoms with Crippen molar-refractivity contribution in [3.05, 3.63) is 96.9 Å². The first-order valence-corrected chi connectivity index (χ1v) is 8.55. The maximum absolute atomic E-state index is 8.67. The molecule has 0 fully saturated rings. The van der Waals surface area contributed by atoms with Crippen LogP contribution in [-0.4, -0.2) is 0 Å². The molecule has 27 heavy (non-hydrogen) atoms. The predicted octanol–water partition coefficient (Wildman–Crippen LogP) is 7.56. The third-order valence-corrected chi connectivity index (χ3v) is 4.89. The molecule has 0 aliphatic heterocycles. The fraction of sp³-hybridized carbons (Fsp3) is 0. The van der Waals surface area contributed by atoms with E-state index < -0.39 is 24.2 Å². The fourth-order valence-electron chi connectivity index (χ4n) is 3.69. The summed E-state index contributed by atoms with van der Waals surface area (Å²) in [5, 5.41) is 2.48. The molecule has 0 N–H and O–H groups in total. The molecule has 0 bridgehead atoms. The molecule has 5 aromatic carbocycles. The second-order valence-electron chi connectivity index (χ2n) is 6.41. The van der Waals surface area contributed by atoms with Gasteiger partial charge in [-0.1, -0.05) is 72.6 Å². The summed E-state index contributed by atoms with van der Waals surface area (Å²) < 4.78 is 73.1. The quantitative estimate of drug-likeness (QED) is 0.278. The van der Waals surface area contributed by atoms with Crippen molar-refractivity contribution in [3.8, 4) is 11.1 Å². The van der Waals surface area contributed by atoms with E-state index in [0.29, 0.717) is 22.3 Å². The fourth-order valence-corrected chi connectivity index (χ4v) is 3.69. The molecule has 6 rings (SSSR count). The molecule has 0 spiro atoms. The van der Waals surface area contributed by atoms with Gasteiger partial charge >= 0.3 is 0 Å². The molecule has 0 amide bonds. The van der Waals surface area contributed by atoms with E-state index in [4.69, 9.17) is 15.4 Å². The third kappa shape index (κ3) is 2.12. The molecule has 1 aromatic heterocycles. The van der Waals surface area contributed by atoms with Gasteiger partial charge in [-0.05, 0) is 56.9 Å². The number of rotatable bonds is 1. The van der Waals surface area contributed by atoms with Crippen LogP contribution >= 0.6 is 0 Å². The number of fused-ring (bicyclic) bond motifs is 5. The summed E-state index contributed by atoms with van der Waals surface area (Å²) in [5.74, 6) is 0. The summed E-state index contributed by atoms with van der Waals surface area (Å²) in [4.78, 5) is 0. The molecule has 0 aliphatic carbocycles. The van der Waals surface area contributed by atoms with Crippen LogP contribution in [0.15, 0.2) is 101 Å². The van der Waals surface area contributed by atoms with E-state index in [1.165, 1.54) is 6.07 Å². The Morgan fingerprint density at radius 2 is 1.26 bits per heavy atom. The Morgan fingerprint density at radius 3 is 2.04 bits per heavy atom. The standard InChI is InChI=1S/C26H16O/c1-3-9-20-17(7-1)15-18-8-2-4-10-21(18)26(20)19-13-14-25-23(16-19)22-11-5-6-12-24(22)27-25/h1-16H/i1D,2D,3D,4D,7D,8D,9D,10D. The Morgan fingerprint density at radius 1 is 0.593 bits per heavy atom. The normalized spacial score (nSPS) is 15.9. The molecule has 126 valence electrons. The number of hydrogen-bond acceptors (Lipinski definition) is 1. The van der Waals surface area contributed by atoms with Gasteiger partial charge in [0.15, 0.2) is 0 Å². The number of hydrogen-bond donors (Lipinski definition) is 0. The maximum Gasteiger partial charge on any atom is 0.135 e. The molecule has 0 saturated carbocycles. The average Bonchev–Trinajstić information content (AvgIpc) is 3.25. The molecule has 0 unspecified atom stereocenters. The van der Waals surface area contributed by atoms with Crippen molar-refractivity contribution in [1.82, 2.24) is 0 Å². The van der Waals surface area contributed by atoms with Crippen LogP contribution in [0, 0.1) is 0 Å². The lowest BCUT2D eigenvalue weighted by Gasteiger charge is -2.12. The Kier molecular flexibility index (Phi) is 1.79. The second-order valence-corrected chi connectivity index (χ2v) is 6.41. The highest BCUT2D eigenvalue weighted by molar-refractivity contribution is 6.14. The minimum atomic E-state index is -0.404. The Hall–Kier alpha value is -3.58. The predicted molar refractivity (Wildman–Crippen MR) is 114 cm³/mol. The van der Waals surface area contributed by atoms with Gasteiger partial charge in [-0.3, -0.25) is 0 Å². The first-order chi connectivity index (χ1) is 16.7. The zero-order valence-corrected chi connectivity index (χ0v) is 14.0. The van der Waals surface area contributed by atoms with Crippen LogP contribution < -0.4 is 0 Å². The summed E-state index contributed by atoms with van der Waals surface area (Å²) >= 11 is 0. The summed E-state index contributed by atoms with van der Waals surface area (Å²) in [6.45, 7) is 0. The van der Waals surface area contributed by atoms with E-state index in [9.17, 15) is 0 Å². The second kappa shape index (κ2) is 5.46. The topological polar surface area (TPSA) is 13.1 Å².